The van der Waals surface area contributed by atoms with Gasteiger partial charge in [-0.25, -0.2) is 5.43 Å². The zero-order valence-corrected chi connectivity index (χ0v) is 14.0. The predicted molar refractivity (Wildman–Crippen MR) is 85.8 cm³/mol. The third-order valence-electron chi connectivity index (χ3n) is 2.36. The molecule has 0 fully saturated rings. The van der Waals surface area contributed by atoms with Crippen LogP contribution in [-0.2, 0) is 0 Å². The molecule has 0 saturated heterocycles. The Hall–Kier alpha value is -0.980. The summed E-state index contributed by atoms with van der Waals surface area (Å²) in [6.45, 7) is 1.86. The van der Waals surface area contributed by atoms with E-state index in [1.54, 1.807) is 23.5 Å². The molecular weight excluding hydrogens is 392 g/mol. The molecule has 0 aliphatic rings. The maximum absolute atomic E-state index is 11.9. The van der Waals surface area contributed by atoms with Crippen molar-refractivity contribution in [3.8, 4) is 0 Å². The Labute approximate surface area is 132 Å². The van der Waals surface area contributed by atoms with Crippen molar-refractivity contribution in [3.63, 3.8) is 0 Å². The van der Waals surface area contributed by atoms with Crippen molar-refractivity contribution in [2.75, 3.05) is 0 Å². The van der Waals surface area contributed by atoms with E-state index in [0.717, 1.165) is 18.8 Å². The van der Waals surface area contributed by atoms with Crippen LogP contribution in [0.4, 0.5) is 0 Å². The van der Waals surface area contributed by atoms with Crippen molar-refractivity contribution in [1.82, 2.24) is 5.43 Å². The lowest BCUT2D eigenvalue weighted by atomic mass is 10.2. The summed E-state index contributed by atoms with van der Waals surface area (Å²) < 4.78 is 1.98. The molecule has 2 rings (SSSR count). The molecule has 0 bridgehead atoms. The molecule has 1 aromatic heterocycles. The number of nitrogens with one attached hydrogen (secondary N) is 1. The molecule has 6 heteroatoms. The third-order valence-corrected chi connectivity index (χ3v) is 4.62. The van der Waals surface area contributed by atoms with Gasteiger partial charge in [-0.3, -0.25) is 4.79 Å². The van der Waals surface area contributed by atoms with E-state index in [1.807, 2.05) is 31.2 Å². The highest BCUT2D eigenvalue weighted by Gasteiger charge is 2.05. The predicted octanol–water partition coefficient (Wildman–Crippen LogP) is 4.43. The summed E-state index contributed by atoms with van der Waals surface area (Å²) in [5.74, 6) is -0.220. The topological polar surface area (TPSA) is 41.5 Å². The fourth-order valence-electron chi connectivity index (χ4n) is 1.36. The Bertz CT molecular complexity index is 620. The van der Waals surface area contributed by atoms with E-state index < -0.39 is 0 Å². The van der Waals surface area contributed by atoms with Crippen LogP contribution < -0.4 is 5.43 Å². The Balaban J connectivity index is 2.05. The largest absolute Gasteiger partial charge is 0.271 e. The number of hydrogen-bond acceptors (Lipinski definition) is 3. The summed E-state index contributed by atoms with van der Waals surface area (Å²) in [7, 11) is 0. The van der Waals surface area contributed by atoms with Crippen LogP contribution in [0.1, 0.15) is 22.2 Å². The SMILES string of the molecule is CC(=NNC(=O)c1ccc(Br)cc1)c1ccc(Br)s1. The zero-order valence-electron chi connectivity index (χ0n) is 9.98. The third kappa shape index (κ3) is 3.99. The molecule has 0 saturated carbocycles. The number of thiophene rings is 1. The van der Waals surface area contributed by atoms with E-state index in [2.05, 4.69) is 42.4 Å². The van der Waals surface area contributed by atoms with E-state index in [9.17, 15) is 4.79 Å². The van der Waals surface area contributed by atoms with Crippen LogP contribution in [0.15, 0.2) is 49.8 Å². The molecule has 98 valence electrons. The van der Waals surface area contributed by atoms with Crippen LogP contribution in [0.2, 0.25) is 0 Å². The average molecular weight is 402 g/mol. The lowest BCUT2D eigenvalue weighted by molar-refractivity contribution is 0.0955. The minimum atomic E-state index is -0.220. The quantitative estimate of drug-likeness (QED) is 0.599. The molecule has 1 N–H and O–H groups in total. The van der Waals surface area contributed by atoms with Crippen LogP contribution in [0, 0.1) is 0 Å². The number of carbonyl (C=O) groups excluding carboxylic acids is 1. The van der Waals surface area contributed by atoms with Gasteiger partial charge < -0.3 is 0 Å². The molecule has 2 aromatic rings. The van der Waals surface area contributed by atoms with Crippen molar-refractivity contribution >= 4 is 54.8 Å². The van der Waals surface area contributed by atoms with E-state index >= 15 is 0 Å². The Morgan fingerprint density at radius 2 is 1.84 bits per heavy atom. The van der Waals surface area contributed by atoms with Gasteiger partial charge in [0, 0.05) is 10.0 Å². The number of benzene rings is 1. The number of nitrogens with zero attached hydrogens (tertiary/aromatic N) is 1. The molecule has 0 atom stereocenters. The highest BCUT2D eigenvalue weighted by atomic mass is 79.9. The van der Waals surface area contributed by atoms with Crippen molar-refractivity contribution in [2.24, 2.45) is 5.10 Å². The molecule has 1 aromatic carbocycles. The summed E-state index contributed by atoms with van der Waals surface area (Å²) in [5.41, 5.74) is 3.91. The van der Waals surface area contributed by atoms with Crippen LogP contribution in [-0.4, -0.2) is 11.6 Å². The van der Waals surface area contributed by atoms with Crippen LogP contribution in [0.3, 0.4) is 0 Å². The standard InChI is InChI=1S/C13H10Br2N2OS/c1-8(11-6-7-12(15)19-11)16-17-13(18)9-2-4-10(14)5-3-9/h2-7H,1H3,(H,17,18). The fourth-order valence-corrected chi connectivity index (χ4v) is 2.96. The molecule has 1 heterocycles. The van der Waals surface area contributed by atoms with Gasteiger partial charge in [-0.1, -0.05) is 15.9 Å². The van der Waals surface area contributed by atoms with Crippen LogP contribution >= 0.6 is 43.2 Å². The first kappa shape index (κ1) is 14.4. The summed E-state index contributed by atoms with van der Waals surface area (Å²) in [4.78, 5) is 12.9. The highest BCUT2D eigenvalue weighted by Crippen LogP contribution is 2.22. The van der Waals surface area contributed by atoms with Gasteiger partial charge in [0.05, 0.1) is 14.4 Å². The molecule has 0 spiro atoms. The van der Waals surface area contributed by atoms with Gasteiger partial charge in [0.2, 0.25) is 0 Å². The fraction of sp³-hybridized carbons (Fsp3) is 0.0769. The maximum atomic E-state index is 11.9. The molecule has 0 unspecified atom stereocenters. The number of amides is 1. The van der Waals surface area contributed by atoms with Gasteiger partial charge in [0.1, 0.15) is 0 Å². The normalized spacial score (nSPS) is 11.4. The van der Waals surface area contributed by atoms with Crippen molar-refractivity contribution in [2.45, 2.75) is 6.92 Å². The van der Waals surface area contributed by atoms with Gasteiger partial charge in [-0.2, -0.15) is 5.10 Å². The van der Waals surface area contributed by atoms with Gasteiger partial charge in [-0.15, -0.1) is 11.3 Å². The number of rotatable bonds is 3. The first-order valence-electron chi connectivity index (χ1n) is 5.42. The summed E-state index contributed by atoms with van der Waals surface area (Å²) in [5, 5.41) is 4.10. The van der Waals surface area contributed by atoms with Crippen LogP contribution in [0.5, 0.6) is 0 Å². The van der Waals surface area contributed by atoms with Gasteiger partial charge in [0.15, 0.2) is 0 Å². The monoisotopic (exact) mass is 400 g/mol. The number of carbonyl (C=O) groups is 1. The maximum Gasteiger partial charge on any atom is 0.271 e. The second-order valence-corrected chi connectivity index (χ2v) is 7.13. The average Bonchev–Trinajstić information content (AvgIpc) is 2.83. The van der Waals surface area contributed by atoms with E-state index in [0.29, 0.717) is 5.56 Å². The number of halogens is 2. The summed E-state index contributed by atoms with van der Waals surface area (Å²) >= 11 is 8.30. The van der Waals surface area contributed by atoms with Crippen LogP contribution in [0.25, 0.3) is 0 Å². The molecule has 0 aliphatic carbocycles. The second kappa shape index (κ2) is 6.45. The summed E-state index contributed by atoms with van der Waals surface area (Å²) in [6.07, 6.45) is 0. The summed E-state index contributed by atoms with van der Waals surface area (Å²) in [6, 6.07) is 11.0. The van der Waals surface area contributed by atoms with E-state index in [1.165, 1.54) is 0 Å². The second-order valence-electron chi connectivity index (χ2n) is 3.75. The van der Waals surface area contributed by atoms with Crippen molar-refractivity contribution in [1.29, 1.82) is 0 Å². The molecule has 0 radical (unpaired) electrons. The van der Waals surface area contributed by atoms with Gasteiger partial charge >= 0.3 is 0 Å². The molecular formula is C13H10Br2N2OS. The minimum Gasteiger partial charge on any atom is -0.267 e. The molecule has 0 aliphatic heterocycles. The number of hydrazone groups is 1. The van der Waals surface area contributed by atoms with Gasteiger partial charge in [0.25, 0.3) is 5.91 Å². The Morgan fingerprint density at radius 3 is 2.42 bits per heavy atom. The van der Waals surface area contributed by atoms with E-state index in [4.69, 9.17) is 0 Å². The minimum absolute atomic E-state index is 0.220. The Morgan fingerprint density at radius 1 is 1.16 bits per heavy atom. The molecule has 3 nitrogen and oxygen atoms in total. The van der Waals surface area contributed by atoms with E-state index in [-0.39, 0.29) is 5.91 Å². The smallest absolute Gasteiger partial charge is 0.267 e. The molecule has 19 heavy (non-hydrogen) atoms. The molecule has 1 amide bonds. The highest BCUT2D eigenvalue weighted by molar-refractivity contribution is 9.11. The van der Waals surface area contributed by atoms with Crippen molar-refractivity contribution in [3.05, 3.63) is 55.1 Å². The van der Waals surface area contributed by atoms with Crippen molar-refractivity contribution < 1.29 is 4.79 Å². The first-order valence-corrected chi connectivity index (χ1v) is 7.82. The lowest BCUT2D eigenvalue weighted by Crippen LogP contribution is -2.18. The Kier molecular flexibility index (Phi) is 4.90. The first-order chi connectivity index (χ1) is 9.06. The van der Waals surface area contributed by atoms with Gasteiger partial charge in [-0.05, 0) is 59.3 Å². The lowest BCUT2D eigenvalue weighted by Gasteiger charge is -2.01. The zero-order chi connectivity index (χ0) is 13.8. The number of hydrogen-bond donors (Lipinski definition) is 1.